The first-order valence-electron chi connectivity index (χ1n) is 11.6. The lowest BCUT2D eigenvalue weighted by Crippen LogP contribution is -2.53. The van der Waals surface area contributed by atoms with Crippen molar-refractivity contribution in [2.45, 2.75) is 56.8 Å². The zero-order valence-corrected chi connectivity index (χ0v) is 18.2. The average molecular weight is 419 g/mol. The number of ether oxygens (including phenoxy) is 1. The highest BCUT2D eigenvalue weighted by molar-refractivity contribution is 6.30. The molecule has 5 fully saturated rings. The van der Waals surface area contributed by atoms with Gasteiger partial charge in [-0.15, -0.1) is 0 Å². The molecule has 160 valence electrons. The third-order valence-electron chi connectivity index (χ3n) is 7.82. The molecule has 29 heavy (non-hydrogen) atoms. The average Bonchev–Trinajstić information content (AvgIpc) is 2.69. The third-order valence-corrected chi connectivity index (χ3v) is 8.07. The van der Waals surface area contributed by atoms with Crippen LogP contribution in [0.25, 0.3) is 0 Å². The number of β-amino-alcohol motifs (C(OH)–C–C–N with tert-alkyl or cyclic N) is 1. The topological polar surface area (TPSA) is 35.9 Å². The highest BCUT2D eigenvalue weighted by Gasteiger charge is 2.51. The number of hydrogen-bond acceptors (Lipinski definition) is 4. The van der Waals surface area contributed by atoms with Crippen molar-refractivity contribution in [1.29, 1.82) is 0 Å². The van der Waals surface area contributed by atoms with Crippen molar-refractivity contribution < 1.29 is 9.84 Å². The van der Waals surface area contributed by atoms with Gasteiger partial charge in [-0.05, 0) is 74.0 Å². The second-order valence-electron chi connectivity index (χ2n) is 10.3. The molecule has 1 unspecified atom stereocenters. The number of halogens is 1. The molecule has 6 rings (SSSR count). The summed E-state index contributed by atoms with van der Waals surface area (Å²) in [7, 11) is 0. The fourth-order valence-electron chi connectivity index (χ4n) is 6.81. The van der Waals surface area contributed by atoms with Gasteiger partial charge in [0.05, 0.1) is 18.3 Å². The van der Waals surface area contributed by atoms with Crippen LogP contribution in [0, 0.1) is 17.8 Å². The molecule has 0 radical (unpaired) electrons. The van der Waals surface area contributed by atoms with Gasteiger partial charge in [0, 0.05) is 44.3 Å². The van der Waals surface area contributed by atoms with Crippen molar-refractivity contribution in [3.63, 3.8) is 0 Å². The molecule has 0 amide bonds. The zero-order chi connectivity index (χ0) is 19.8. The van der Waals surface area contributed by atoms with E-state index in [1.807, 2.05) is 12.1 Å². The van der Waals surface area contributed by atoms with Gasteiger partial charge in [0.1, 0.15) is 0 Å². The molecule has 1 aromatic carbocycles. The lowest BCUT2D eigenvalue weighted by molar-refractivity contribution is -0.176. The Kier molecular flexibility index (Phi) is 5.92. The number of benzene rings is 1. The normalized spacial score (nSPS) is 35.9. The van der Waals surface area contributed by atoms with Gasteiger partial charge >= 0.3 is 0 Å². The molecule has 4 nitrogen and oxygen atoms in total. The molecule has 1 aromatic rings. The minimum atomic E-state index is -0.370. The van der Waals surface area contributed by atoms with Gasteiger partial charge in [-0.25, -0.2) is 0 Å². The molecule has 1 aliphatic heterocycles. The van der Waals surface area contributed by atoms with E-state index in [-0.39, 0.29) is 11.7 Å². The Morgan fingerprint density at radius 3 is 2.07 bits per heavy atom. The van der Waals surface area contributed by atoms with Gasteiger partial charge in [-0.3, -0.25) is 9.80 Å². The maximum Gasteiger partial charge on any atom is 0.0900 e. The van der Waals surface area contributed by atoms with E-state index in [1.54, 1.807) is 0 Å². The van der Waals surface area contributed by atoms with Crippen LogP contribution in [-0.4, -0.2) is 65.9 Å². The van der Waals surface area contributed by atoms with Gasteiger partial charge < -0.3 is 9.84 Å². The largest absolute Gasteiger partial charge is 0.389 e. The highest BCUT2D eigenvalue weighted by atomic mass is 35.5. The number of aliphatic hydroxyl groups excluding tert-OH is 1. The first kappa shape index (κ1) is 20.3. The van der Waals surface area contributed by atoms with Crippen LogP contribution in [0.1, 0.15) is 44.1 Å². The van der Waals surface area contributed by atoms with Crippen LogP contribution in [0.5, 0.6) is 0 Å². The van der Waals surface area contributed by atoms with E-state index in [4.69, 9.17) is 16.3 Å². The van der Waals surface area contributed by atoms with Crippen molar-refractivity contribution in [1.82, 2.24) is 9.80 Å². The standard InChI is InChI=1S/C24H35ClN2O2/c25-22-3-1-18(2-4-22)15-26-5-7-27(8-6-26)16-23(28)17-29-24-12-19-9-20(13-24)11-21(10-19)14-24/h1-4,19-21,23,28H,5-17H2. The van der Waals surface area contributed by atoms with Gasteiger partial charge in [-0.2, -0.15) is 0 Å². The van der Waals surface area contributed by atoms with E-state index in [0.29, 0.717) is 6.61 Å². The predicted octanol–water partition coefficient (Wildman–Crippen LogP) is 3.80. The molecule has 1 N–H and O–H groups in total. The molecule has 0 spiro atoms. The van der Waals surface area contributed by atoms with Gasteiger partial charge in [0.2, 0.25) is 0 Å². The number of rotatable bonds is 7. The lowest BCUT2D eigenvalue weighted by Gasteiger charge is -2.56. The van der Waals surface area contributed by atoms with E-state index >= 15 is 0 Å². The molecule has 4 bridgehead atoms. The Bertz CT molecular complexity index is 651. The minimum Gasteiger partial charge on any atom is -0.389 e. The summed E-state index contributed by atoms with van der Waals surface area (Å²) in [6.07, 6.45) is 7.67. The molecule has 0 aromatic heterocycles. The molecule has 1 saturated heterocycles. The Morgan fingerprint density at radius 1 is 0.931 bits per heavy atom. The summed E-state index contributed by atoms with van der Waals surface area (Å²) >= 11 is 5.98. The lowest BCUT2D eigenvalue weighted by atomic mass is 9.54. The molecule has 1 heterocycles. The van der Waals surface area contributed by atoms with E-state index in [2.05, 4.69) is 21.9 Å². The second-order valence-corrected chi connectivity index (χ2v) is 10.7. The van der Waals surface area contributed by atoms with Crippen LogP contribution in [0.2, 0.25) is 5.02 Å². The predicted molar refractivity (Wildman–Crippen MR) is 116 cm³/mol. The monoisotopic (exact) mass is 418 g/mol. The van der Waals surface area contributed by atoms with Crippen molar-refractivity contribution in [3.8, 4) is 0 Å². The summed E-state index contributed by atoms with van der Waals surface area (Å²) in [4.78, 5) is 4.88. The molecule has 5 aliphatic rings. The van der Waals surface area contributed by atoms with E-state index in [1.165, 1.54) is 44.1 Å². The Hall–Kier alpha value is -0.650. The van der Waals surface area contributed by atoms with Gasteiger partial charge in [-0.1, -0.05) is 23.7 Å². The van der Waals surface area contributed by atoms with Crippen molar-refractivity contribution in [3.05, 3.63) is 34.9 Å². The van der Waals surface area contributed by atoms with Crippen LogP contribution >= 0.6 is 11.6 Å². The van der Waals surface area contributed by atoms with E-state index < -0.39 is 0 Å². The van der Waals surface area contributed by atoms with Crippen LogP contribution in [-0.2, 0) is 11.3 Å². The number of aliphatic hydroxyl groups is 1. The third kappa shape index (κ3) is 4.83. The van der Waals surface area contributed by atoms with E-state index in [9.17, 15) is 5.11 Å². The van der Waals surface area contributed by atoms with Crippen LogP contribution in [0.15, 0.2) is 24.3 Å². The maximum atomic E-state index is 10.6. The summed E-state index contributed by atoms with van der Waals surface area (Å²) < 4.78 is 6.46. The summed E-state index contributed by atoms with van der Waals surface area (Å²) in [5.74, 6) is 2.69. The Labute approximate surface area is 180 Å². The van der Waals surface area contributed by atoms with Gasteiger partial charge in [0.25, 0.3) is 0 Å². The van der Waals surface area contributed by atoms with Crippen molar-refractivity contribution in [2.24, 2.45) is 17.8 Å². The molecule has 4 saturated carbocycles. The molecule has 5 heteroatoms. The number of nitrogens with zero attached hydrogens (tertiary/aromatic N) is 2. The van der Waals surface area contributed by atoms with Crippen LogP contribution in [0.4, 0.5) is 0 Å². The molecular formula is C24H35ClN2O2. The number of hydrogen-bond donors (Lipinski definition) is 1. The van der Waals surface area contributed by atoms with Crippen LogP contribution < -0.4 is 0 Å². The van der Waals surface area contributed by atoms with Crippen molar-refractivity contribution in [2.75, 3.05) is 39.3 Å². The molecule has 4 aliphatic carbocycles. The summed E-state index contributed by atoms with van der Waals surface area (Å²) in [6.45, 7) is 6.35. The summed E-state index contributed by atoms with van der Waals surface area (Å²) in [6, 6.07) is 8.15. The summed E-state index contributed by atoms with van der Waals surface area (Å²) in [5, 5.41) is 11.4. The SMILES string of the molecule is OC(COC12CC3CC(CC(C3)C1)C2)CN1CCN(Cc2ccc(Cl)cc2)CC1. The summed E-state index contributed by atoms with van der Waals surface area (Å²) in [5.41, 5.74) is 1.42. The fraction of sp³-hybridized carbons (Fsp3) is 0.750. The first-order chi connectivity index (χ1) is 14.1. The first-order valence-corrected chi connectivity index (χ1v) is 11.9. The highest BCUT2D eigenvalue weighted by Crippen LogP contribution is 2.57. The zero-order valence-electron chi connectivity index (χ0n) is 17.4. The minimum absolute atomic E-state index is 0.104. The fourth-order valence-corrected chi connectivity index (χ4v) is 6.94. The van der Waals surface area contributed by atoms with Gasteiger partial charge in [0.15, 0.2) is 0 Å². The smallest absolute Gasteiger partial charge is 0.0900 e. The quantitative estimate of drug-likeness (QED) is 0.730. The van der Waals surface area contributed by atoms with Crippen molar-refractivity contribution >= 4 is 11.6 Å². The van der Waals surface area contributed by atoms with E-state index in [0.717, 1.165) is 62.0 Å². The second kappa shape index (κ2) is 8.47. The molecular weight excluding hydrogens is 384 g/mol. The maximum absolute atomic E-state index is 10.6. The number of piperazine rings is 1. The Balaban J connectivity index is 1.04. The molecule has 1 atom stereocenters. The van der Waals surface area contributed by atoms with Crippen LogP contribution in [0.3, 0.4) is 0 Å². The Morgan fingerprint density at radius 2 is 1.48 bits per heavy atom.